The van der Waals surface area contributed by atoms with Gasteiger partial charge < -0.3 is 15.7 Å². The maximum atomic E-state index is 9.95. The maximum absolute atomic E-state index is 9.95. The molecule has 2 unspecified atom stereocenters. The van der Waals surface area contributed by atoms with E-state index in [-0.39, 0.29) is 0 Å². The van der Waals surface area contributed by atoms with Gasteiger partial charge in [-0.2, -0.15) is 16.9 Å². The SMILES string of the molecule is CSCC(C)N(C)CC(O)Cn1cc(N)cn1. The molecule has 5 nitrogen and oxygen atoms in total. The number of thioether (sulfide) groups is 1. The first-order valence-electron chi connectivity index (χ1n) is 5.68. The third-order valence-corrected chi connectivity index (χ3v) is 3.53. The molecule has 0 saturated heterocycles. The third kappa shape index (κ3) is 4.97. The molecule has 1 aromatic heterocycles. The molecule has 0 aliphatic rings. The third-order valence-electron chi connectivity index (χ3n) is 2.71. The van der Waals surface area contributed by atoms with E-state index in [1.54, 1.807) is 17.1 Å². The van der Waals surface area contributed by atoms with Crippen LogP contribution in [0, 0.1) is 0 Å². The molecule has 6 heteroatoms. The van der Waals surface area contributed by atoms with Crippen LogP contribution in [0.2, 0.25) is 0 Å². The molecular weight excluding hydrogens is 236 g/mol. The highest BCUT2D eigenvalue weighted by molar-refractivity contribution is 7.98. The molecule has 0 amide bonds. The lowest BCUT2D eigenvalue weighted by Gasteiger charge is -2.26. The van der Waals surface area contributed by atoms with Gasteiger partial charge in [-0.15, -0.1) is 0 Å². The number of rotatable bonds is 7. The average molecular weight is 258 g/mol. The minimum Gasteiger partial charge on any atom is -0.396 e. The molecule has 3 N–H and O–H groups in total. The number of aliphatic hydroxyl groups is 1. The molecule has 98 valence electrons. The number of aromatic nitrogens is 2. The van der Waals surface area contributed by atoms with E-state index in [9.17, 15) is 5.11 Å². The highest BCUT2D eigenvalue weighted by atomic mass is 32.2. The van der Waals surface area contributed by atoms with Crippen molar-refractivity contribution in [2.24, 2.45) is 0 Å². The smallest absolute Gasteiger partial charge is 0.0862 e. The fraction of sp³-hybridized carbons (Fsp3) is 0.727. The summed E-state index contributed by atoms with van der Waals surface area (Å²) in [5, 5.41) is 14.0. The summed E-state index contributed by atoms with van der Waals surface area (Å²) in [5.41, 5.74) is 6.19. The number of nitrogens with zero attached hydrogens (tertiary/aromatic N) is 3. The Balaban J connectivity index is 2.36. The molecule has 0 saturated carbocycles. The van der Waals surface area contributed by atoms with Gasteiger partial charge in [-0.3, -0.25) is 4.68 Å². The first-order valence-corrected chi connectivity index (χ1v) is 7.07. The van der Waals surface area contributed by atoms with Crippen LogP contribution >= 0.6 is 11.8 Å². The van der Waals surface area contributed by atoms with Gasteiger partial charge in [-0.1, -0.05) is 0 Å². The molecule has 0 bridgehead atoms. The highest BCUT2D eigenvalue weighted by Gasteiger charge is 2.14. The van der Waals surface area contributed by atoms with Crippen molar-refractivity contribution >= 4 is 17.4 Å². The predicted octanol–water partition coefficient (Wildman–Crippen LogP) is 0.509. The summed E-state index contributed by atoms with van der Waals surface area (Å²) in [6.45, 7) is 3.28. The first-order chi connectivity index (χ1) is 8.02. The van der Waals surface area contributed by atoms with Crippen LogP contribution in [0.1, 0.15) is 6.92 Å². The van der Waals surface area contributed by atoms with Gasteiger partial charge >= 0.3 is 0 Å². The van der Waals surface area contributed by atoms with E-state index in [1.165, 1.54) is 0 Å². The van der Waals surface area contributed by atoms with Crippen molar-refractivity contribution in [2.75, 3.05) is 31.3 Å². The van der Waals surface area contributed by atoms with Gasteiger partial charge in [0.25, 0.3) is 0 Å². The summed E-state index contributed by atoms with van der Waals surface area (Å²) in [6, 6.07) is 0.461. The van der Waals surface area contributed by atoms with E-state index in [0.717, 1.165) is 5.75 Å². The van der Waals surface area contributed by atoms with Crippen molar-refractivity contribution in [1.82, 2.24) is 14.7 Å². The Morgan fingerprint density at radius 1 is 1.65 bits per heavy atom. The predicted molar refractivity (Wildman–Crippen MR) is 73.1 cm³/mol. The zero-order valence-corrected chi connectivity index (χ0v) is 11.5. The summed E-state index contributed by atoms with van der Waals surface area (Å²) in [5.74, 6) is 1.07. The summed E-state index contributed by atoms with van der Waals surface area (Å²) in [4.78, 5) is 2.16. The van der Waals surface area contributed by atoms with Crippen LogP contribution in [0.25, 0.3) is 0 Å². The fourth-order valence-corrected chi connectivity index (χ4v) is 2.37. The number of hydrogen-bond acceptors (Lipinski definition) is 5. The van der Waals surface area contributed by atoms with Crippen molar-refractivity contribution in [3.8, 4) is 0 Å². The van der Waals surface area contributed by atoms with Gasteiger partial charge in [0.1, 0.15) is 0 Å². The number of likely N-dealkylation sites (N-methyl/N-ethyl adjacent to an activating group) is 1. The molecule has 1 aromatic rings. The molecule has 0 aromatic carbocycles. The Labute approximate surface area is 107 Å². The van der Waals surface area contributed by atoms with Crippen molar-refractivity contribution < 1.29 is 5.11 Å². The van der Waals surface area contributed by atoms with Crippen LogP contribution in [-0.2, 0) is 6.54 Å². The highest BCUT2D eigenvalue weighted by Crippen LogP contribution is 2.06. The molecule has 0 spiro atoms. The van der Waals surface area contributed by atoms with Crippen LogP contribution < -0.4 is 5.73 Å². The summed E-state index contributed by atoms with van der Waals surface area (Å²) in [7, 11) is 2.03. The summed E-state index contributed by atoms with van der Waals surface area (Å²) in [6.07, 6.45) is 4.98. The Bertz CT molecular complexity index is 331. The summed E-state index contributed by atoms with van der Waals surface area (Å²) >= 11 is 1.82. The van der Waals surface area contributed by atoms with Gasteiger partial charge in [0.05, 0.1) is 24.5 Å². The van der Waals surface area contributed by atoms with Gasteiger partial charge in [-0.25, -0.2) is 0 Å². The minimum atomic E-state index is -0.427. The average Bonchev–Trinajstić information content (AvgIpc) is 2.64. The molecular formula is C11H22N4OS. The number of nitrogen functional groups attached to an aromatic ring is 1. The van der Waals surface area contributed by atoms with Crippen molar-refractivity contribution in [2.45, 2.75) is 25.6 Å². The molecule has 1 rings (SSSR count). The summed E-state index contributed by atoms with van der Waals surface area (Å²) < 4.78 is 1.67. The zero-order valence-electron chi connectivity index (χ0n) is 10.7. The van der Waals surface area contributed by atoms with Crippen LogP contribution in [-0.4, -0.2) is 57.5 Å². The lowest BCUT2D eigenvalue weighted by Crippen LogP contribution is -2.38. The second-order valence-electron chi connectivity index (χ2n) is 4.39. The van der Waals surface area contributed by atoms with E-state index in [1.807, 2.05) is 18.8 Å². The molecule has 0 fully saturated rings. The number of aliphatic hydroxyl groups excluding tert-OH is 1. The second kappa shape index (κ2) is 6.88. The van der Waals surface area contributed by atoms with Crippen LogP contribution in [0.5, 0.6) is 0 Å². The van der Waals surface area contributed by atoms with Crippen LogP contribution in [0.15, 0.2) is 12.4 Å². The zero-order chi connectivity index (χ0) is 12.8. The van der Waals surface area contributed by atoms with Gasteiger partial charge in [0.15, 0.2) is 0 Å². The topological polar surface area (TPSA) is 67.3 Å². The molecule has 1 heterocycles. The Kier molecular flexibility index (Phi) is 5.80. The number of hydrogen-bond donors (Lipinski definition) is 2. The minimum absolute atomic E-state index is 0.427. The van der Waals surface area contributed by atoms with Crippen molar-refractivity contribution in [3.63, 3.8) is 0 Å². The number of anilines is 1. The first kappa shape index (κ1) is 14.3. The Morgan fingerprint density at radius 3 is 2.88 bits per heavy atom. The van der Waals surface area contributed by atoms with Crippen molar-refractivity contribution in [1.29, 1.82) is 0 Å². The van der Waals surface area contributed by atoms with E-state index in [4.69, 9.17) is 5.73 Å². The van der Waals surface area contributed by atoms with Crippen molar-refractivity contribution in [3.05, 3.63) is 12.4 Å². The van der Waals surface area contributed by atoms with Gasteiger partial charge in [0, 0.05) is 24.5 Å². The lowest BCUT2D eigenvalue weighted by atomic mass is 10.2. The van der Waals surface area contributed by atoms with E-state index < -0.39 is 6.10 Å². The molecule has 17 heavy (non-hydrogen) atoms. The van der Waals surface area contributed by atoms with E-state index in [2.05, 4.69) is 23.2 Å². The van der Waals surface area contributed by atoms with E-state index >= 15 is 0 Å². The van der Waals surface area contributed by atoms with E-state index in [0.29, 0.717) is 24.8 Å². The molecule has 0 radical (unpaired) electrons. The molecule has 0 aliphatic heterocycles. The molecule has 2 atom stereocenters. The van der Waals surface area contributed by atoms with Crippen LogP contribution in [0.4, 0.5) is 5.69 Å². The lowest BCUT2D eigenvalue weighted by molar-refractivity contribution is 0.0951. The second-order valence-corrected chi connectivity index (χ2v) is 5.30. The van der Waals surface area contributed by atoms with Gasteiger partial charge in [0.2, 0.25) is 0 Å². The quantitative estimate of drug-likeness (QED) is 0.746. The maximum Gasteiger partial charge on any atom is 0.0862 e. The number of nitrogens with two attached hydrogens (primary N) is 1. The Morgan fingerprint density at radius 2 is 2.35 bits per heavy atom. The monoisotopic (exact) mass is 258 g/mol. The largest absolute Gasteiger partial charge is 0.396 e. The Hall–Kier alpha value is -0.720. The standard InChI is InChI=1S/C11H22N4OS/c1-9(8-17-3)14(2)6-11(16)7-15-5-10(12)4-13-15/h4-5,9,11,16H,6-8,12H2,1-3H3. The van der Waals surface area contributed by atoms with Crippen LogP contribution in [0.3, 0.4) is 0 Å². The normalized spacial score (nSPS) is 15.1. The fourth-order valence-electron chi connectivity index (χ4n) is 1.63. The van der Waals surface area contributed by atoms with Gasteiger partial charge in [-0.05, 0) is 20.2 Å². The molecule has 0 aliphatic carbocycles.